The highest BCUT2D eigenvalue weighted by atomic mass is 16.4. The van der Waals surface area contributed by atoms with Gasteiger partial charge in [0.25, 0.3) is 5.91 Å². The molecule has 98 valence electrons. The van der Waals surface area contributed by atoms with Crippen molar-refractivity contribution >= 4 is 11.9 Å². The summed E-state index contributed by atoms with van der Waals surface area (Å²) in [6.45, 7) is 5.68. The predicted octanol–water partition coefficient (Wildman–Crippen LogP) is 2.22. The number of carbonyl (C=O) groups is 2. The minimum atomic E-state index is -0.995. The standard InChI is InChI=1S/C14H19NO3/c1-9(2)8-12(14(17)18)15-13(16)11-7-5-4-6-10(11)3/h4-7,9,12H,8H2,1-3H3,(H,15,16)(H,17,18). The normalized spacial score (nSPS) is 12.2. The number of rotatable bonds is 5. The van der Waals surface area contributed by atoms with E-state index in [0.717, 1.165) is 5.56 Å². The first kappa shape index (κ1) is 14.2. The van der Waals surface area contributed by atoms with E-state index >= 15 is 0 Å². The van der Waals surface area contributed by atoms with Gasteiger partial charge in [0, 0.05) is 5.56 Å². The van der Waals surface area contributed by atoms with E-state index in [2.05, 4.69) is 5.32 Å². The molecule has 1 rings (SSSR count). The molecular formula is C14H19NO3. The van der Waals surface area contributed by atoms with E-state index in [-0.39, 0.29) is 11.8 Å². The third-order valence-corrected chi connectivity index (χ3v) is 2.70. The van der Waals surface area contributed by atoms with Gasteiger partial charge in [-0.2, -0.15) is 0 Å². The summed E-state index contributed by atoms with van der Waals surface area (Å²) < 4.78 is 0. The molecule has 18 heavy (non-hydrogen) atoms. The van der Waals surface area contributed by atoms with Gasteiger partial charge in [0.05, 0.1) is 0 Å². The number of carbonyl (C=O) groups excluding carboxylic acids is 1. The number of nitrogens with one attached hydrogen (secondary N) is 1. The highest BCUT2D eigenvalue weighted by Crippen LogP contribution is 2.09. The van der Waals surface area contributed by atoms with Crippen molar-refractivity contribution in [2.45, 2.75) is 33.2 Å². The Labute approximate surface area is 107 Å². The average molecular weight is 249 g/mol. The maximum Gasteiger partial charge on any atom is 0.326 e. The van der Waals surface area contributed by atoms with Crippen molar-refractivity contribution < 1.29 is 14.7 Å². The van der Waals surface area contributed by atoms with Gasteiger partial charge in [0.15, 0.2) is 0 Å². The number of carboxylic acid groups (broad SMARTS) is 1. The summed E-state index contributed by atoms with van der Waals surface area (Å²) >= 11 is 0. The monoisotopic (exact) mass is 249 g/mol. The Morgan fingerprint density at radius 3 is 2.39 bits per heavy atom. The van der Waals surface area contributed by atoms with E-state index in [0.29, 0.717) is 12.0 Å². The first-order valence-corrected chi connectivity index (χ1v) is 6.01. The summed E-state index contributed by atoms with van der Waals surface area (Å²) in [5.41, 5.74) is 1.36. The third kappa shape index (κ3) is 3.87. The topological polar surface area (TPSA) is 66.4 Å². The fraction of sp³-hybridized carbons (Fsp3) is 0.429. The summed E-state index contributed by atoms with van der Waals surface area (Å²) in [6.07, 6.45) is 0.424. The number of aryl methyl sites for hydroxylation is 1. The van der Waals surface area contributed by atoms with Crippen molar-refractivity contribution in [2.24, 2.45) is 5.92 Å². The molecule has 1 atom stereocenters. The van der Waals surface area contributed by atoms with Crippen molar-refractivity contribution in [3.8, 4) is 0 Å². The van der Waals surface area contributed by atoms with E-state index < -0.39 is 12.0 Å². The smallest absolute Gasteiger partial charge is 0.326 e. The Morgan fingerprint density at radius 2 is 1.89 bits per heavy atom. The Morgan fingerprint density at radius 1 is 1.28 bits per heavy atom. The lowest BCUT2D eigenvalue weighted by molar-refractivity contribution is -0.139. The molecule has 0 radical (unpaired) electrons. The van der Waals surface area contributed by atoms with Gasteiger partial charge >= 0.3 is 5.97 Å². The van der Waals surface area contributed by atoms with Crippen LogP contribution in [0.15, 0.2) is 24.3 Å². The summed E-state index contributed by atoms with van der Waals surface area (Å²) in [6, 6.07) is 6.29. The molecule has 0 aromatic heterocycles. The molecule has 0 saturated carbocycles. The molecule has 0 bridgehead atoms. The molecule has 0 spiro atoms. The van der Waals surface area contributed by atoms with Gasteiger partial charge in [-0.1, -0.05) is 32.0 Å². The van der Waals surface area contributed by atoms with E-state index in [1.165, 1.54) is 0 Å². The number of amides is 1. The van der Waals surface area contributed by atoms with Crippen molar-refractivity contribution in [1.29, 1.82) is 0 Å². The fourth-order valence-corrected chi connectivity index (χ4v) is 1.76. The average Bonchev–Trinajstić information content (AvgIpc) is 2.27. The lowest BCUT2D eigenvalue weighted by Crippen LogP contribution is -2.41. The van der Waals surface area contributed by atoms with Crippen LogP contribution in [0.2, 0.25) is 0 Å². The van der Waals surface area contributed by atoms with Crippen LogP contribution in [0.3, 0.4) is 0 Å². The first-order chi connectivity index (χ1) is 8.41. The number of carboxylic acids is 1. The summed E-state index contributed by atoms with van der Waals surface area (Å²) in [4.78, 5) is 23.1. The van der Waals surface area contributed by atoms with Crippen LogP contribution in [0.4, 0.5) is 0 Å². The molecule has 1 aromatic rings. The van der Waals surface area contributed by atoms with E-state index in [9.17, 15) is 9.59 Å². The number of hydrogen-bond acceptors (Lipinski definition) is 2. The minimum Gasteiger partial charge on any atom is -0.480 e. The van der Waals surface area contributed by atoms with Gasteiger partial charge in [-0.3, -0.25) is 4.79 Å². The molecule has 4 heteroatoms. The molecular weight excluding hydrogens is 230 g/mol. The zero-order valence-corrected chi connectivity index (χ0v) is 10.9. The van der Waals surface area contributed by atoms with Gasteiger partial charge in [-0.05, 0) is 30.9 Å². The van der Waals surface area contributed by atoms with E-state index in [4.69, 9.17) is 5.11 Å². The van der Waals surface area contributed by atoms with Gasteiger partial charge in [-0.25, -0.2) is 4.79 Å². The van der Waals surface area contributed by atoms with E-state index in [1.54, 1.807) is 12.1 Å². The molecule has 0 aliphatic heterocycles. The zero-order valence-electron chi connectivity index (χ0n) is 10.9. The van der Waals surface area contributed by atoms with Crippen molar-refractivity contribution in [2.75, 3.05) is 0 Å². The maximum atomic E-state index is 12.0. The minimum absolute atomic E-state index is 0.211. The third-order valence-electron chi connectivity index (χ3n) is 2.70. The van der Waals surface area contributed by atoms with E-state index in [1.807, 2.05) is 32.9 Å². The van der Waals surface area contributed by atoms with Crippen molar-refractivity contribution in [3.63, 3.8) is 0 Å². The second-order valence-corrected chi connectivity index (χ2v) is 4.81. The number of aliphatic carboxylic acids is 1. The Bertz CT molecular complexity index is 440. The lowest BCUT2D eigenvalue weighted by atomic mass is 10.0. The largest absolute Gasteiger partial charge is 0.480 e. The zero-order chi connectivity index (χ0) is 13.7. The molecule has 4 nitrogen and oxygen atoms in total. The van der Waals surface area contributed by atoms with Gasteiger partial charge in [0.2, 0.25) is 0 Å². The van der Waals surface area contributed by atoms with Crippen molar-refractivity contribution in [3.05, 3.63) is 35.4 Å². The molecule has 1 aromatic carbocycles. The Hall–Kier alpha value is -1.84. The summed E-state index contributed by atoms with van der Waals surface area (Å²) in [5.74, 6) is -1.12. The molecule has 0 aliphatic rings. The SMILES string of the molecule is Cc1ccccc1C(=O)NC(CC(C)C)C(=O)O. The maximum absolute atomic E-state index is 12.0. The van der Waals surface area contributed by atoms with Crippen LogP contribution in [-0.4, -0.2) is 23.0 Å². The molecule has 2 N–H and O–H groups in total. The van der Waals surface area contributed by atoms with Crippen LogP contribution >= 0.6 is 0 Å². The van der Waals surface area contributed by atoms with Crippen LogP contribution in [0.5, 0.6) is 0 Å². The van der Waals surface area contributed by atoms with Crippen LogP contribution in [0.25, 0.3) is 0 Å². The first-order valence-electron chi connectivity index (χ1n) is 6.01. The van der Waals surface area contributed by atoms with Gasteiger partial charge in [-0.15, -0.1) is 0 Å². The molecule has 0 fully saturated rings. The Balaban J connectivity index is 2.79. The molecule has 0 heterocycles. The summed E-state index contributed by atoms with van der Waals surface area (Å²) in [5, 5.41) is 11.6. The molecule has 0 aliphatic carbocycles. The van der Waals surface area contributed by atoms with Gasteiger partial charge < -0.3 is 10.4 Å². The second-order valence-electron chi connectivity index (χ2n) is 4.81. The number of benzene rings is 1. The molecule has 0 saturated heterocycles. The van der Waals surface area contributed by atoms with Crippen LogP contribution < -0.4 is 5.32 Å². The highest BCUT2D eigenvalue weighted by Gasteiger charge is 2.22. The number of hydrogen-bond donors (Lipinski definition) is 2. The molecule has 1 unspecified atom stereocenters. The highest BCUT2D eigenvalue weighted by molar-refractivity contribution is 5.97. The predicted molar refractivity (Wildman–Crippen MR) is 69.5 cm³/mol. The second kappa shape index (κ2) is 6.19. The summed E-state index contributed by atoms with van der Waals surface area (Å²) in [7, 11) is 0. The van der Waals surface area contributed by atoms with Crippen LogP contribution in [0, 0.1) is 12.8 Å². The van der Waals surface area contributed by atoms with Crippen LogP contribution in [-0.2, 0) is 4.79 Å². The Kier molecular flexibility index (Phi) is 4.89. The quantitative estimate of drug-likeness (QED) is 0.841. The van der Waals surface area contributed by atoms with Crippen molar-refractivity contribution in [1.82, 2.24) is 5.32 Å². The fourth-order valence-electron chi connectivity index (χ4n) is 1.76. The lowest BCUT2D eigenvalue weighted by Gasteiger charge is -2.17. The van der Waals surface area contributed by atoms with Gasteiger partial charge in [0.1, 0.15) is 6.04 Å². The van der Waals surface area contributed by atoms with Crippen LogP contribution in [0.1, 0.15) is 36.2 Å². The molecule has 1 amide bonds.